The zero-order chi connectivity index (χ0) is 7.11. The standard InChI is InChI=1S/C5H5.C2H8Si.Zr/c1-2-4-5-3-1;1-3-2;/h1-3H,4H2;3H2,1-2H3;/i;;1-88. The molecule has 0 N–H and O–H groups in total. The van der Waals surface area contributed by atoms with Crippen LogP contribution in [-0.2, 0) is 24.7 Å². The van der Waals surface area contributed by atoms with Gasteiger partial charge in [-0.3, -0.25) is 0 Å². The van der Waals surface area contributed by atoms with Gasteiger partial charge >= 0.3 is 52.6 Å². The monoisotopic (exact) mass is 128 g/mol. The van der Waals surface area contributed by atoms with Gasteiger partial charge in [-0.25, -0.2) is 0 Å². The molecule has 0 radical (unpaired) electrons. The van der Waals surface area contributed by atoms with Crippen molar-refractivity contribution < 1.29 is 24.7 Å². The Balaban J connectivity index is 0.000000187. The van der Waals surface area contributed by atoms with E-state index < -0.39 is 0 Å². The number of allylic oxidation sites excluding steroid dienone is 4. The Morgan fingerprint density at radius 2 is 2.11 bits per heavy atom. The maximum absolute atomic E-state index is 2.26. The molecule has 0 spiro atoms. The number of rotatable bonds is 0. The molecule has 9 heavy (non-hydrogen) atoms. The van der Waals surface area contributed by atoms with E-state index in [0.29, 0.717) is 9.52 Å². The van der Waals surface area contributed by atoms with Gasteiger partial charge in [0.1, 0.15) is 0 Å². The van der Waals surface area contributed by atoms with Crippen LogP contribution in [0.2, 0.25) is 13.1 Å². The SMILES string of the molecule is C[SiH2]C.[3Zr][C]1=CC=CC1. The summed E-state index contributed by atoms with van der Waals surface area (Å²) in [6, 6.07) is 0. The minimum atomic E-state index is 0.417. The van der Waals surface area contributed by atoms with Crippen molar-refractivity contribution in [3.8, 4) is 0 Å². The first-order valence-electron chi connectivity index (χ1n) is 3.38. The van der Waals surface area contributed by atoms with Crippen LogP contribution < -0.4 is 0 Å². The Morgan fingerprint density at radius 1 is 1.56 bits per heavy atom. The molecule has 0 saturated heterocycles. The Kier molecular flexibility index (Phi) is 7.13. The third kappa shape index (κ3) is 6.47. The predicted octanol–water partition coefficient (Wildman–Crippen LogP) is 1.63. The van der Waals surface area contributed by atoms with Crippen LogP contribution in [0.1, 0.15) is 6.42 Å². The number of hydrogen-bond donors (Lipinski definition) is 0. The third-order valence-electron chi connectivity index (χ3n) is 0.771. The van der Waals surface area contributed by atoms with Gasteiger partial charge in [0, 0.05) is 9.52 Å². The van der Waals surface area contributed by atoms with E-state index in [2.05, 4.69) is 31.3 Å². The van der Waals surface area contributed by atoms with Crippen molar-refractivity contribution in [3.05, 3.63) is 21.5 Å². The zero-order valence-electron chi connectivity index (χ0n) is 6.15. The normalized spacial score (nSPS) is 14.1. The fourth-order valence-corrected chi connectivity index (χ4v) is 0.973. The number of hydrogen-bond acceptors (Lipinski definition) is 0. The molecule has 1 rings (SSSR count). The van der Waals surface area contributed by atoms with Crippen molar-refractivity contribution in [3.63, 3.8) is 0 Å². The molecular weight excluding hydrogens is 115 g/mol. The fraction of sp³-hybridized carbons (Fsp3) is 0.429. The van der Waals surface area contributed by atoms with E-state index in [9.17, 15) is 0 Å². The van der Waals surface area contributed by atoms with Crippen LogP contribution in [0.15, 0.2) is 21.5 Å². The van der Waals surface area contributed by atoms with Gasteiger partial charge in [-0.15, -0.1) is 0 Å². The van der Waals surface area contributed by atoms with Gasteiger partial charge in [-0.1, -0.05) is 13.1 Å². The molecule has 0 aromatic heterocycles. The van der Waals surface area contributed by atoms with Crippen molar-refractivity contribution >= 4 is 9.52 Å². The van der Waals surface area contributed by atoms with Gasteiger partial charge in [0.25, 0.3) is 0 Å². The molecule has 2 heteroatoms. The van der Waals surface area contributed by atoms with Crippen LogP contribution in [0.4, 0.5) is 0 Å². The molecule has 0 aliphatic heterocycles. The summed E-state index contributed by atoms with van der Waals surface area (Å²) in [6.07, 6.45) is 7.69. The molecule has 0 fully saturated rings. The van der Waals surface area contributed by atoms with Gasteiger partial charge in [0.15, 0.2) is 0 Å². The summed E-state index contributed by atoms with van der Waals surface area (Å²) < 4.78 is 1.56. The van der Waals surface area contributed by atoms with Crippen LogP contribution in [0.3, 0.4) is 0 Å². The summed E-state index contributed by atoms with van der Waals surface area (Å²) in [5, 5.41) is 0. The van der Waals surface area contributed by atoms with E-state index >= 15 is 0 Å². The van der Waals surface area contributed by atoms with Crippen molar-refractivity contribution in [1.82, 2.24) is 0 Å². The van der Waals surface area contributed by atoms with Crippen LogP contribution in [0, 0.1) is 0 Å². The summed E-state index contributed by atoms with van der Waals surface area (Å²) in [6.45, 7) is 4.53. The third-order valence-corrected chi connectivity index (χ3v) is 1.68. The molecule has 0 amide bonds. The molecule has 0 bridgehead atoms. The van der Waals surface area contributed by atoms with E-state index in [1.807, 2.05) is 0 Å². The van der Waals surface area contributed by atoms with E-state index in [-0.39, 0.29) is 0 Å². The molecule has 0 aromatic rings. The van der Waals surface area contributed by atoms with E-state index in [0.717, 1.165) is 0 Å². The summed E-state index contributed by atoms with van der Waals surface area (Å²) in [5.74, 6) is 0. The summed E-state index contributed by atoms with van der Waals surface area (Å²) in [7, 11) is 0.417. The van der Waals surface area contributed by atoms with E-state index in [1.165, 1.54) is 6.42 Å². The molecule has 0 saturated carbocycles. The van der Waals surface area contributed by atoms with Crippen LogP contribution in [-0.4, -0.2) is 9.52 Å². The van der Waals surface area contributed by atoms with E-state index in [1.54, 1.807) is 28.0 Å². The van der Waals surface area contributed by atoms with Crippen molar-refractivity contribution in [2.75, 3.05) is 0 Å². The molecule has 0 atom stereocenters. The average Bonchev–Trinajstić information content (AvgIpc) is 2.20. The maximum atomic E-state index is 2.26. The summed E-state index contributed by atoms with van der Waals surface area (Å²) in [4.78, 5) is 0. The fourth-order valence-electron chi connectivity index (χ4n) is 0.447. The van der Waals surface area contributed by atoms with Gasteiger partial charge in [-0.05, 0) is 0 Å². The Morgan fingerprint density at radius 3 is 2.22 bits per heavy atom. The predicted molar refractivity (Wildman–Crippen MR) is 42.1 cm³/mol. The summed E-state index contributed by atoms with van der Waals surface area (Å²) >= 11 is 1.56. The first kappa shape index (κ1) is 9.58. The van der Waals surface area contributed by atoms with Gasteiger partial charge < -0.3 is 0 Å². The molecule has 0 unspecified atom stereocenters. The molecule has 0 aromatic carbocycles. The molecule has 0 heterocycles. The topological polar surface area (TPSA) is 0 Å². The van der Waals surface area contributed by atoms with Crippen LogP contribution >= 0.6 is 0 Å². The minimum absolute atomic E-state index is 0.417. The van der Waals surface area contributed by atoms with Crippen molar-refractivity contribution in [1.29, 1.82) is 0 Å². The first-order chi connectivity index (χ1) is 4.31. The van der Waals surface area contributed by atoms with Crippen LogP contribution in [0.5, 0.6) is 0 Å². The second-order valence-corrected chi connectivity index (χ2v) is 5.02. The van der Waals surface area contributed by atoms with Gasteiger partial charge in [0.05, 0.1) is 0 Å². The molecular formula is C7H13SiZr. The van der Waals surface area contributed by atoms with Crippen molar-refractivity contribution in [2.24, 2.45) is 0 Å². The Hall–Kier alpha value is 0.580. The molecule has 1 aliphatic rings. The zero-order valence-corrected chi connectivity index (χ0v) is 10.0. The Bertz CT molecular complexity index is 116. The molecule has 0 nitrogen and oxygen atoms in total. The summed E-state index contributed by atoms with van der Waals surface area (Å²) in [5.41, 5.74) is 0. The van der Waals surface area contributed by atoms with Crippen LogP contribution in [0.25, 0.3) is 0 Å². The average molecular weight is 128 g/mol. The molecule has 49 valence electrons. The quantitative estimate of drug-likeness (QED) is 0.435. The van der Waals surface area contributed by atoms with Gasteiger partial charge in [-0.2, -0.15) is 0 Å². The van der Waals surface area contributed by atoms with Crippen molar-refractivity contribution in [2.45, 2.75) is 19.5 Å². The molecule has 1 aliphatic carbocycles. The van der Waals surface area contributed by atoms with Gasteiger partial charge in [0.2, 0.25) is 0 Å². The second kappa shape index (κ2) is 6.70. The van der Waals surface area contributed by atoms with E-state index in [4.69, 9.17) is 0 Å². The first-order valence-corrected chi connectivity index (χ1v) is 7.44. The second-order valence-electron chi connectivity index (χ2n) is 2.03. The Labute approximate surface area is 75.1 Å².